The van der Waals surface area contributed by atoms with Crippen molar-refractivity contribution in [2.45, 2.75) is 26.2 Å². The molecule has 0 aliphatic carbocycles. The van der Waals surface area contributed by atoms with E-state index in [0.717, 1.165) is 33.4 Å². The molecule has 510 valence electrons. The van der Waals surface area contributed by atoms with E-state index in [1.54, 1.807) is 68.4 Å². The lowest BCUT2D eigenvalue weighted by molar-refractivity contribution is -0.139. The van der Waals surface area contributed by atoms with Crippen molar-refractivity contribution < 1.29 is 73.9 Å². The van der Waals surface area contributed by atoms with Gasteiger partial charge in [0, 0.05) is 73.7 Å². The highest BCUT2D eigenvalue weighted by molar-refractivity contribution is 6.35. The van der Waals surface area contributed by atoms with Gasteiger partial charge in [0.2, 0.25) is 0 Å². The Labute approximate surface area is 552 Å². The molecular formula is C67H68F6N12O12. The standard InChI is InChI=1S/C67H68F6N12O12/c1-44-54(58-18-20-80-84(58)50-14-10-46(42-74)11-15-50)40-56(64(90)82(44)52-8-4-6-48(38-52)66(68,69)70)60(86)76-21-26-92-30-34-96-36-32-94-28-23-78-62(88)63(89)79-24-29-95-33-37-97-35-31-93-27-22-77-61(87)57-41-55(59-19-25-81(3)85(59)51-16-12-47(43-75)13-17-51)45(2)83(65(57)91)53-9-5-7-49(39-53)67(71,72)73/h4-20,38-41H,21-37H2,1-3H3,(H,76,86)(H,77,87)(H,78,88)(H,79,89). The van der Waals surface area contributed by atoms with Gasteiger partial charge in [0.25, 0.3) is 22.9 Å². The molecule has 0 unspecified atom stereocenters. The van der Waals surface area contributed by atoms with Crippen LogP contribution in [0.3, 0.4) is 0 Å². The summed E-state index contributed by atoms with van der Waals surface area (Å²) in [5, 5.41) is 36.9. The lowest BCUT2D eigenvalue weighted by Gasteiger charge is -2.31. The maximum absolute atomic E-state index is 14.1. The minimum absolute atomic E-state index is 0.0156. The number of hydrogen-bond donors (Lipinski definition) is 4. The van der Waals surface area contributed by atoms with Crippen LogP contribution in [0.5, 0.6) is 0 Å². The number of hydrazine groups is 1. The first-order valence-electron chi connectivity index (χ1n) is 30.4. The molecule has 0 atom stereocenters. The highest BCUT2D eigenvalue weighted by atomic mass is 19.4. The van der Waals surface area contributed by atoms with Gasteiger partial charge < -0.3 is 49.7 Å². The third kappa shape index (κ3) is 19.2. The number of amides is 4. The summed E-state index contributed by atoms with van der Waals surface area (Å²) in [5.74, 6) is -3.34. The van der Waals surface area contributed by atoms with Crippen molar-refractivity contribution in [1.29, 1.82) is 10.5 Å². The van der Waals surface area contributed by atoms with Crippen molar-refractivity contribution in [1.82, 2.24) is 45.2 Å². The van der Waals surface area contributed by atoms with Gasteiger partial charge in [-0.15, -0.1) is 0 Å². The Morgan fingerprint density at radius 2 is 0.897 bits per heavy atom. The molecule has 0 spiro atoms. The smallest absolute Gasteiger partial charge is 0.377 e. The Hall–Kier alpha value is -10.3. The molecule has 3 aromatic heterocycles. The van der Waals surface area contributed by atoms with Crippen LogP contribution in [0.1, 0.15) is 59.9 Å². The third-order valence-corrected chi connectivity index (χ3v) is 14.9. The molecule has 1 aliphatic heterocycles. The van der Waals surface area contributed by atoms with Crippen LogP contribution in [-0.4, -0.2) is 167 Å². The number of rotatable bonds is 32. The predicted molar refractivity (Wildman–Crippen MR) is 341 cm³/mol. The number of alkyl halides is 6. The predicted octanol–water partition coefficient (Wildman–Crippen LogP) is 6.44. The van der Waals surface area contributed by atoms with Crippen LogP contribution in [0.4, 0.5) is 32.0 Å². The number of nitrogens with one attached hydrogen (secondary N) is 4. The van der Waals surface area contributed by atoms with Gasteiger partial charge in [-0.2, -0.15) is 42.0 Å². The highest BCUT2D eigenvalue weighted by Crippen LogP contribution is 2.36. The summed E-state index contributed by atoms with van der Waals surface area (Å²) in [6.45, 7) is 4.96. The number of nitrogens with zero attached hydrogens (tertiary/aromatic N) is 8. The quantitative estimate of drug-likeness (QED) is 0.0200. The zero-order valence-electron chi connectivity index (χ0n) is 52.9. The molecule has 0 radical (unpaired) electrons. The number of carbonyl (C=O) groups is 4. The minimum Gasteiger partial charge on any atom is -0.377 e. The van der Waals surface area contributed by atoms with Crippen molar-refractivity contribution in [3.63, 3.8) is 0 Å². The van der Waals surface area contributed by atoms with Crippen molar-refractivity contribution >= 4 is 35.0 Å². The van der Waals surface area contributed by atoms with E-state index in [4.69, 9.17) is 28.4 Å². The Kier molecular flexibility index (Phi) is 25.7. The molecule has 24 nitrogen and oxygen atoms in total. The Morgan fingerprint density at radius 1 is 0.505 bits per heavy atom. The molecule has 8 rings (SSSR count). The van der Waals surface area contributed by atoms with Crippen molar-refractivity contribution in [2.24, 2.45) is 0 Å². The summed E-state index contributed by atoms with van der Waals surface area (Å²) in [6, 6.07) is 30.2. The molecular weight excluding hydrogens is 1280 g/mol. The second-order valence-electron chi connectivity index (χ2n) is 21.4. The number of likely N-dealkylation sites (N-methyl/N-ethyl adjacent to an activating group) is 1. The van der Waals surface area contributed by atoms with E-state index in [1.165, 1.54) is 47.3 Å². The van der Waals surface area contributed by atoms with Gasteiger partial charge in [0.15, 0.2) is 0 Å². The van der Waals surface area contributed by atoms with Crippen LogP contribution in [0.25, 0.3) is 34.0 Å². The fourth-order valence-corrected chi connectivity index (χ4v) is 10.1. The number of carbonyl (C=O) groups excluding carboxylic acids is 4. The molecule has 4 aromatic carbocycles. The number of nitriles is 2. The zero-order valence-corrected chi connectivity index (χ0v) is 52.9. The molecule has 7 aromatic rings. The van der Waals surface area contributed by atoms with Gasteiger partial charge in [-0.1, -0.05) is 12.1 Å². The average molecular weight is 1350 g/mol. The van der Waals surface area contributed by atoms with Crippen LogP contribution in [0.15, 0.2) is 137 Å². The molecule has 1 aliphatic rings. The second-order valence-corrected chi connectivity index (χ2v) is 21.4. The largest absolute Gasteiger partial charge is 0.416 e. The first-order valence-corrected chi connectivity index (χ1v) is 30.4. The normalized spacial score (nSPS) is 12.4. The van der Waals surface area contributed by atoms with Gasteiger partial charge in [-0.3, -0.25) is 42.9 Å². The maximum atomic E-state index is 14.1. The molecule has 4 heterocycles. The SMILES string of the molecule is Cc1c(C2=CCN(C)N2c2ccc(C#N)cc2)cc(C(=O)NCCOCCOCCOCCNC(=O)C(=O)NCCOCCOCCOCCNC(=O)c2cc(-c3ccnn3-c3ccc(C#N)cc3)c(C)n(-c3cccc(C(F)(F)F)c3)c2=O)c(=O)n1-c1cccc(C(F)(F)F)c1. The van der Waals surface area contributed by atoms with E-state index in [-0.39, 0.29) is 139 Å². The molecule has 4 amide bonds. The van der Waals surface area contributed by atoms with E-state index in [9.17, 15) is 65.6 Å². The summed E-state index contributed by atoms with van der Waals surface area (Å²) < 4.78 is 120. The maximum Gasteiger partial charge on any atom is 0.416 e. The topological polar surface area (TPSA) is 288 Å². The van der Waals surface area contributed by atoms with E-state index >= 15 is 0 Å². The number of benzene rings is 4. The summed E-state index contributed by atoms with van der Waals surface area (Å²) in [5.41, 5.74) is -0.292. The summed E-state index contributed by atoms with van der Waals surface area (Å²) >= 11 is 0. The molecule has 0 bridgehead atoms. The van der Waals surface area contributed by atoms with Gasteiger partial charge in [-0.05, 0) is 123 Å². The van der Waals surface area contributed by atoms with E-state index in [2.05, 4.69) is 32.4 Å². The number of aromatic nitrogens is 4. The molecule has 0 saturated carbocycles. The minimum atomic E-state index is -4.71. The number of anilines is 1. The number of halogens is 6. The highest BCUT2D eigenvalue weighted by Gasteiger charge is 2.34. The second kappa shape index (κ2) is 34.4. The van der Waals surface area contributed by atoms with Crippen LogP contribution < -0.4 is 37.4 Å². The molecule has 0 saturated heterocycles. The third-order valence-electron chi connectivity index (χ3n) is 14.9. The van der Waals surface area contributed by atoms with Crippen LogP contribution in [0.2, 0.25) is 0 Å². The monoisotopic (exact) mass is 1350 g/mol. The fourth-order valence-electron chi connectivity index (χ4n) is 10.1. The number of ether oxygens (including phenoxy) is 6. The van der Waals surface area contributed by atoms with E-state index < -0.39 is 58.2 Å². The van der Waals surface area contributed by atoms with Crippen molar-refractivity contribution in [3.8, 4) is 40.5 Å². The summed E-state index contributed by atoms with van der Waals surface area (Å²) in [6.07, 6.45) is -6.07. The van der Waals surface area contributed by atoms with Crippen molar-refractivity contribution in [2.75, 3.05) is 124 Å². The molecule has 0 fully saturated rings. The van der Waals surface area contributed by atoms with Crippen molar-refractivity contribution in [3.05, 3.63) is 199 Å². The van der Waals surface area contributed by atoms with Gasteiger partial charge in [0.1, 0.15) is 11.1 Å². The van der Waals surface area contributed by atoms with Crippen LogP contribution in [0, 0.1) is 36.5 Å². The lowest BCUT2D eigenvalue weighted by atomic mass is 10.0. The lowest BCUT2D eigenvalue weighted by Crippen LogP contribution is -2.42. The average Bonchev–Trinajstić information content (AvgIpc) is 1.50. The van der Waals surface area contributed by atoms with E-state index in [0.29, 0.717) is 51.6 Å². The first kappa shape index (κ1) is 72.5. The van der Waals surface area contributed by atoms with Gasteiger partial charge >= 0.3 is 24.2 Å². The van der Waals surface area contributed by atoms with Gasteiger partial charge in [-0.25, -0.2) is 9.69 Å². The Balaban J connectivity index is 0.663. The zero-order chi connectivity index (χ0) is 69.7. The van der Waals surface area contributed by atoms with Crippen LogP contribution >= 0.6 is 0 Å². The molecule has 30 heteroatoms. The van der Waals surface area contributed by atoms with Crippen LogP contribution in [-0.2, 0) is 50.4 Å². The van der Waals surface area contributed by atoms with E-state index in [1.807, 2.05) is 29.2 Å². The Bertz CT molecular complexity index is 4160. The van der Waals surface area contributed by atoms with Gasteiger partial charge in [0.05, 0.1) is 143 Å². The first-order chi connectivity index (χ1) is 46.6. The summed E-state index contributed by atoms with van der Waals surface area (Å²) in [4.78, 5) is 79.8. The molecule has 4 N–H and O–H groups in total. The number of pyridine rings is 2. The number of hydrogen-bond acceptors (Lipinski definition) is 17. The Morgan fingerprint density at radius 3 is 1.32 bits per heavy atom. The fraction of sp³-hybridized carbons (Fsp3) is 0.328. The molecule has 97 heavy (non-hydrogen) atoms. The summed E-state index contributed by atoms with van der Waals surface area (Å²) in [7, 11) is 1.81.